The second-order valence-corrected chi connectivity index (χ2v) is 5.64. The molecule has 20 heavy (non-hydrogen) atoms. The fourth-order valence-corrected chi connectivity index (χ4v) is 2.08. The van der Waals surface area contributed by atoms with Gasteiger partial charge in [-0.15, -0.1) is 0 Å². The summed E-state index contributed by atoms with van der Waals surface area (Å²) in [4.78, 5) is 0. The zero-order valence-electron chi connectivity index (χ0n) is 13.4. The Morgan fingerprint density at radius 1 is 1.15 bits per heavy atom. The zero-order chi connectivity index (χ0) is 14.8. The Balaban J connectivity index is 2.49. The fraction of sp³-hybridized carbons (Fsp3) is 0.647. The van der Waals surface area contributed by atoms with Gasteiger partial charge >= 0.3 is 0 Å². The van der Waals surface area contributed by atoms with Crippen molar-refractivity contribution in [3.8, 4) is 5.75 Å². The normalized spacial score (nSPS) is 11.1. The van der Waals surface area contributed by atoms with Gasteiger partial charge in [0, 0.05) is 25.8 Å². The van der Waals surface area contributed by atoms with Gasteiger partial charge in [-0.1, -0.05) is 32.0 Å². The summed E-state index contributed by atoms with van der Waals surface area (Å²) in [5.74, 6) is 1.71. The van der Waals surface area contributed by atoms with Crippen molar-refractivity contribution in [2.24, 2.45) is 5.92 Å². The summed E-state index contributed by atoms with van der Waals surface area (Å²) in [5.41, 5.74) is 2.46. The zero-order valence-corrected chi connectivity index (χ0v) is 13.4. The third kappa shape index (κ3) is 6.40. The molecule has 0 atom stereocenters. The van der Waals surface area contributed by atoms with Crippen LogP contribution in [0.2, 0.25) is 0 Å². The first kappa shape index (κ1) is 17.0. The van der Waals surface area contributed by atoms with Crippen LogP contribution in [0.25, 0.3) is 0 Å². The molecule has 1 aromatic carbocycles. The van der Waals surface area contributed by atoms with Crippen molar-refractivity contribution in [3.63, 3.8) is 0 Å². The van der Waals surface area contributed by atoms with Gasteiger partial charge in [0.05, 0.1) is 6.61 Å². The van der Waals surface area contributed by atoms with Gasteiger partial charge in [-0.3, -0.25) is 0 Å². The highest BCUT2D eigenvalue weighted by Gasteiger charge is 2.07. The summed E-state index contributed by atoms with van der Waals surface area (Å²) in [6.07, 6.45) is 2.07. The average Bonchev–Trinajstić information content (AvgIpc) is 2.40. The van der Waals surface area contributed by atoms with Crippen LogP contribution in [0.5, 0.6) is 5.75 Å². The molecule has 0 aliphatic heterocycles. The molecule has 0 unspecified atom stereocenters. The van der Waals surface area contributed by atoms with Gasteiger partial charge < -0.3 is 14.8 Å². The van der Waals surface area contributed by atoms with Crippen LogP contribution in [0, 0.1) is 12.8 Å². The number of rotatable bonds is 10. The van der Waals surface area contributed by atoms with Crippen LogP contribution in [-0.4, -0.2) is 26.9 Å². The maximum atomic E-state index is 5.98. The summed E-state index contributed by atoms with van der Waals surface area (Å²) >= 11 is 0. The Morgan fingerprint density at radius 2 is 1.90 bits per heavy atom. The van der Waals surface area contributed by atoms with Gasteiger partial charge in [0.1, 0.15) is 5.75 Å². The number of para-hydroxylation sites is 1. The molecule has 1 N–H and O–H groups in total. The first-order valence-corrected chi connectivity index (χ1v) is 7.56. The van der Waals surface area contributed by atoms with E-state index in [-0.39, 0.29) is 0 Å². The number of nitrogens with one attached hydrogen (secondary N) is 1. The minimum absolute atomic E-state index is 0.665. The Bertz CT molecular complexity index is 377. The van der Waals surface area contributed by atoms with E-state index < -0.39 is 0 Å². The van der Waals surface area contributed by atoms with Gasteiger partial charge in [-0.05, 0) is 37.8 Å². The molecule has 0 spiro atoms. The topological polar surface area (TPSA) is 30.5 Å². The van der Waals surface area contributed by atoms with Crippen LogP contribution in [0.4, 0.5) is 0 Å². The molecule has 3 nitrogen and oxygen atoms in total. The maximum Gasteiger partial charge on any atom is 0.126 e. The van der Waals surface area contributed by atoms with Crippen LogP contribution >= 0.6 is 0 Å². The summed E-state index contributed by atoms with van der Waals surface area (Å²) in [6.45, 7) is 10.0. The lowest BCUT2D eigenvalue weighted by Gasteiger charge is -2.15. The molecule has 0 aromatic heterocycles. The molecule has 114 valence electrons. The summed E-state index contributed by atoms with van der Waals surface area (Å²) in [6, 6.07) is 6.35. The number of unbranched alkanes of at least 4 members (excludes halogenated alkanes) is 1. The highest BCUT2D eigenvalue weighted by Crippen LogP contribution is 2.23. The molecular weight excluding hydrogens is 250 g/mol. The maximum absolute atomic E-state index is 5.98. The number of ether oxygens (including phenoxy) is 2. The monoisotopic (exact) mass is 279 g/mol. The number of hydrogen-bond acceptors (Lipinski definition) is 3. The van der Waals surface area contributed by atoms with Crippen LogP contribution in [0.15, 0.2) is 18.2 Å². The molecule has 0 bridgehead atoms. The molecule has 1 rings (SSSR count). The number of methoxy groups -OCH3 is 1. The van der Waals surface area contributed by atoms with Crippen molar-refractivity contribution < 1.29 is 9.47 Å². The first-order chi connectivity index (χ1) is 9.65. The van der Waals surface area contributed by atoms with Crippen molar-refractivity contribution in [1.82, 2.24) is 5.32 Å². The van der Waals surface area contributed by atoms with Crippen molar-refractivity contribution in [2.75, 3.05) is 26.9 Å². The minimum Gasteiger partial charge on any atom is -0.493 e. The highest BCUT2D eigenvalue weighted by atomic mass is 16.5. The lowest BCUT2D eigenvalue weighted by molar-refractivity contribution is 0.184. The average molecular weight is 279 g/mol. The van der Waals surface area contributed by atoms with Gasteiger partial charge in [-0.2, -0.15) is 0 Å². The van der Waals surface area contributed by atoms with E-state index >= 15 is 0 Å². The van der Waals surface area contributed by atoms with Gasteiger partial charge in [0.25, 0.3) is 0 Å². The number of benzene rings is 1. The first-order valence-electron chi connectivity index (χ1n) is 7.56. The fourth-order valence-electron chi connectivity index (χ4n) is 2.08. The third-order valence-electron chi connectivity index (χ3n) is 3.15. The molecule has 0 fully saturated rings. The molecule has 0 aliphatic carbocycles. The second kappa shape index (κ2) is 9.78. The third-order valence-corrected chi connectivity index (χ3v) is 3.15. The Labute approximate surface area is 123 Å². The van der Waals surface area contributed by atoms with Gasteiger partial charge in [0.15, 0.2) is 0 Å². The number of hydrogen-bond donors (Lipinski definition) is 1. The minimum atomic E-state index is 0.665. The van der Waals surface area contributed by atoms with E-state index in [1.807, 2.05) is 0 Å². The molecule has 3 heteroatoms. The SMILES string of the molecule is COCCCCOc1c(C)cccc1CNCC(C)C. The summed E-state index contributed by atoms with van der Waals surface area (Å²) in [7, 11) is 1.74. The lowest BCUT2D eigenvalue weighted by Crippen LogP contribution is -2.19. The summed E-state index contributed by atoms with van der Waals surface area (Å²) in [5, 5.41) is 3.48. The Morgan fingerprint density at radius 3 is 2.60 bits per heavy atom. The standard InChI is InChI=1S/C17H29NO2/c1-14(2)12-18-13-16-9-7-8-15(3)17(16)20-11-6-5-10-19-4/h7-9,14,18H,5-6,10-13H2,1-4H3. The smallest absolute Gasteiger partial charge is 0.126 e. The van der Waals surface area contributed by atoms with E-state index in [1.54, 1.807) is 7.11 Å². The van der Waals surface area contributed by atoms with Crippen LogP contribution in [0.3, 0.4) is 0 Å². The molecule has 0 amide bonds. The predicted octanol–water partition coefficient (Wildman–Crippen LogP) is 3.55. The number of aryl methyl sites for hydroxylation is 1. The van der Waals surface area contributed by atoms with E-state index in [0.717, 1.165) is 44.9 Å². The van der Waals surface area contributed by atoms with E-state index in [4.69, 9.17) is 9.47 Å². The molecule has 0 aliphatic rings. The molecule has 0 saturated carbocycles. The largest absolute Gasteiger partial charge is 0.493 e. The van der Waals surface area contributed by atoms with Crippen molar-refractivity contribution in [3.05, 3.63) is 29.3 Å². The second-order valence-electron chi connectivity index (χ2n) is 5.64. The Hall–Kier alpha value is -1.06. The van der Waals surface area contributed by atoms with E-state index in [2.05, 4.69) is 44.3 Å². The van der Waals surface area contributed by atoms with Crippen molar-refractivity contribution in [1.29, 1.82) is 0 Å². The Kier molecular flexibility index (Phi) is 8.31. The predicted molar refractivity (Wildman–Crippen MR) is 84.3 cm³/mol. The molecule has 0 heterocycles. The summed E-state index contributed by atoms with van der Waals surface area (Å²) < 4.78 is 11.0. The van der Waals surface area contributed by atoms with Gasteiger partial charge in [0.2, 0.25) is 0 Å². The van der Waals surface area contributed by atoms with Gasteiger partial charge in [-0.25, -0.2) is 0 Å². The molecule has 1 aromatic rings. The van der Waals surface area contributed by atoms with Crippen LogP contribution in [-0.2, 0) is 11.3 Å². The van der Waals surface area contributed by atoms with E-state index in [0.29, 0.717) is 5.92 Å². The van der Waals surface area contributed by atoms with E-state index in [9.17, 15) is 0 Å². The van der Waals surface area contributed by atoms with Crippen LogP contribution < -0.4 is 10.1 Å². The quantitative estimate of drug-likeness (QED) is 0.664. The molecule has 0 saturated heterocycles. The molecule has 0 radical (unpaired) electrons. The molecular formula is C17H29NO2. The van der Waals surface area contributed by atoms with Crippen molar-refractivity contribution in [2.45, 2.75) is 40.2 Å². The highest BCUT2D eigenvalue weighted by molar-refractivity contribution is 5.40. The lowest BCUT2D eigenvalue weighted by atomic mass is 10.1. The van der Waals surface area contributed by atoms with E-state index in [1.165, 1.54) is 11.1 Å². The van der Waals surface area contributed by atoms with Crippen LogP contribution in [0.1, 0.15) is 37.8 Å². The van der Waals surface area contributed by atoms with Crippen molar-refractivity contribution >= 4 is 0 Å².